The number of anilines is 2. The Balaban J connectivity index is 1.39. The van der Waals surface area contributed by atoms with Crippen molar-refractivity contribution in [3.8, 4) is 17.4 Å². The van der Waals surface area contributed by atoms with Gasteiger partial charge in [0.25, 0.3) is 0 Å². The first-order valence-electron chi connectivity index (χ1n) is 8.93. The first-order chi connectivity index (χ1) is 12.8. The molecule has 0 amide bonds. The molecule has 0 saturated heterocycles. The van der Waals surface area contributed by atoms with Crippen LogP contribution in [0.15, 0.2) is 72.9 Å². The smallest absolute Gasteiger partial charge is 0.219 e. The summed E-state index contributed by atoms with van der Waals surface area (Å²) in [6.45, 7) is 0.840. The lowest BCUT2D eigenvalue weighted by molar-refractivity contribution is 0.300. The van der Waals surface area contributed by atoms with E-state index in [0.717, 1.165) is 35.4 Å². The number of aromatic nitrogens is 1. The van der Waals surface area contributed by atoms with E-state index >= 15 is 0 Å². The fourth-order valence-corrected chi connectivity index (χ4v) is 2.68. The fourth-order valence-electron chi connectivity index (χ4n) is 2.68. The minimum Gasteiger partial charge on any atom is -0.493 e. The van der Waals surface area contributed by atoms with E-state index in [-0.39, 0.29) is 0 Å². The maximum atomic E-state index is 5.80. The highest BCUT2D eigenvalue weighted by Crippen LogP contribution is 2.31. The molecule has 0 aliphatic heterocycles. The number of pyridine rings is 1. The predicted molar refractivity (Wildman–Crippen MR) is 103 cm³/mol. The van der Waals surface area contributed by atoms with Crippen molar-refractivity contribution in [1.82, 2.24) is 4.98 Å². The Hall–Kier alpha value is -3.01. The van der Waals surface area contributed by atoms with Crippen LogP contribution in [0.4, 0.5) is 11.4 Å². The summed E-state index contributed by atoms with van der Waals surface area (Å²) in [5, 5.41) is 0. The Morgan fingerprint density at radius 3 is 2.12 bits per heavy atom. The lowest BCUT2D eigenvalue weighted by Gasteiger charge is -2.20. The molecule has 26 heavy (non-hydrogen) atoms. The molecule has 1 heterocycles. The third-order valence-electron chi connectivity index (χ3n) is 4.49. The molecule has 1 saturated carbocycles. The van der Waals surface area contributed by atoms with Crippen LogP contribution in [0.2, 0.25) is 0 Å². The minimum absolute atomic E-state index is 0.593. The van der Waals surface area contributed by atoms with Gasteiger partial charge in [0.1, 0.15) is 11.5 Å². The van der Waals surface area contributed by atoms with Crippen molar-refractivity contribution < 1.29 is 9.47 Å². The van der Waals surface area contributed by atoms with Crippen molar-refractivity contribution in [3.05, 3.63) is 72.9 Å². The van der Waals surface area contributed by atoms with Gasteiger partial charge in [-0.25, -0.2) is 4.98 Å². The standard InChI is InChI=1S/C22H22N2O2/c1-24(18-7-11-20(12-8-18)25-16-17-5-6-17)19-9-13-21(14-10-19)26-22-4-2-3-15-23-22/h2-4,7-15,17H,5-6,16H2,1H3. The van der Waals surface area contributed by atoms with Gasteiger partial charge in [-0.3, -0.25) is 0 Å². The minimum atomic E-state index is 0.593. The van der Waals surface area contributed by atoms with E-state index < -0.39 is 0 Å². The molecule has 0 spiro atoms. The molecule has 0 atom stereocenters. The molecular formula is C22H22N2O2. The second-order valence-electron chi connectivity index (χ2n) is 6.57. The van der Waals surface area contributed by atoms with E-state index in [1.807, 2.05) is 54.6 Å². The Labute approximate surface area is 154 Å². The molecule has 1 aliphatic rings. The van der Waals surface area contributed by atoms with Gasteiger partial charge in [-0.1, -0.05) is 6.07 Å². The van der Waals surface area contributed by atoms with Crippen LogP contribution in [-0.2, 0) is 0 Å². The summed E-state index contributed by atoms with van der Waals surface area (Å²) >= 11 is 0. The second-order valence-corrected chi connectivity index (χ2v) is 6.57. The zero-order chi connectivity index (χ0) is 17.8. The van der Waals surface area contributed by atoms with Crippen LogP contribution in [0.3, 0.4) is 0 Å². The van der Waals surface area contributed by atoms with Crippen LogP contribution in [-0.4, -0.2) is 18.6 Å². The molecule has 1 fully saturated rings. The van der Waals surface area contributed by atoms with E-state index in [9.17, 15) is 0 Å². The van der Waals surface area contributed by atoms with Crippen molar-refractivity contribution >= 4 is 11.4 Å². The van der Waals surface area contributed by atoms with Crippen LogP contribution >= 0.6 is 0 Å². The van der Waals surface area contributed by atoms with Gasteiger partial charge in [-0.15, -0.1) is 0 Å². The average Bonchev–Trinajstić information content (AvgIpc) is 3.52. The van der Waals surface area contributed by atoms with Gasteiger partial charge in [-0.2, -0.15) is 0 Å². The molecule has 1 aliphatic carbocycles. The van der Waals surface area contributed by atoms with Crippen LogP contribution in [0.1, 0.15) is 12.8 Å². The van der Waals surface area contributed by atoms with Gasteiger partial charge in [0, 0.05) is 30.7 Å². The van der Waals surface area contributed by atoms with Crippen molar-refractivity contribution in [3.63, 3.8) is 0 Å². The number of hydrogen-bond acceptors (Lipinski definition) is 4. The molecule has 1 aromatic heterocycles. The van der Waals surface area contributed by atoms with Crippen molar-refractivity contribution in [2.75, 3.05) is 18.6 Å². The molecule has 4 nitrogen and oxygen atoms in total. The first kappa shape index (κ1) is 16.5. The summed E-state index contributed by atoms with van der Waals surface area (Å²) in [4.78, 5) is 6.31. The molecule has 3 aromatic rings. The lowest BCUT2D eigenvalue weighted by Crippen LogP contribution is -2.09. The fraction of sp³-hybridized carbons (Fsp3) is 0.227. The summed E-state index contributed by atoms with van der Waals surface area (Å²) in [6.07, 6.45) is 4.33. The SMILES string of the molecule is CN(c1ccc(OCC2CC2)cc1)c1ccc(Oc2ccccn2)cc1. The molecule has 4 heteroatoms. The first-order valence-corrected chi connectivity index (χ1v) is 8.93. The van der Waals surface area contributed by atoms with E-state index in [1.54, 1.807) is 6.20 Å². The third kappa shape index (κ3) is 4.14. The quantitative estimate of drug-likeness (QED) is 0.571. The Morgan fingerprint density at radius 2 is 1.54 bits per heavy atom. The van der Waals surface area contributed by atoms with Crippen molar-refractivity contribution in [2.24, 2.45) is 5.92 Å². The molecule has 0 N–H and O–H groups in total. The molecule has 4 rings (SSSR count). The number of rotatable bonds is 7. The summed E-state index contributed by atoms with van der Waals surface area (Å²) < 4.78 is 11.5. The maximum absolute atomic E-state index is 5.80. The van der Waals surface area contributed by atoms with Crippen LogP contribution in [0, 0.1) is 5.92 Å². The molecule has 0 bridgehead atoms. The highest BCUT2D eigenvalue weighted by molar-refractivity contribution is 5.63. The second kappa shape index (κ2) is 7.48. The monoisotopic (exact) mass is 346 g/mol. The number of ether oxygens (including phenoxy) is 2. The van der Waals surface area contributed by atoms with Crippen LogP contribution < -0.4 is 14.4 Å². The third-order valence-corrected chi connectivity index (χ3v) is 4.49. The van der Waals surface area contributed by atoms with Crippen molar-refractivity contribution in [2.45, 2.75) is 12.8 Å². The Morgan fingerprint density at radius 1 is 0.885 bits per heavy atom. The van der Waals surface area contributed by atoms with E-state index in [0.29, 0.717) is 5.88 Å². The normalized spacial score (nSPS) is 13.3. The van der Waals surface area contributed by atoms with Crippen LogP contribution in [0.25, 0.3) is 0 Å². The van der Waals surface area contributed by atoms with Gasteiger partial charge in [-0.05, 0) is 73.4 Å². The zero-order valence-electron chi connectivity index (χ0n) is 14.8. The Kier molecular flexibility index (Phi) is 4.73. The molecular weight excluding hydrogens is 324 g/mol. The average molecular weight is 346 g/mol. The largest absolute Gasteiger partial charge is 0.493 e. The van der Waals surface area contributed by atoms with Crippen molar-refractivity contribution in [1.29, 1.82) is 0 Å². The van der Waals surface area contributed by atoms with Crippen LogP contribution in [0.5, 0.6) is 17.4 Å². The van der Waals surface area contributed by atoms with Gasteiger partial charge in [0.05, 0.1) is 6.61 Å². The molecule has 0 radical (unpaired) electrons. The summed E-state index contributed by atoms with van der Waals surface area (Å²) in [6, 6.07) is 21.8. The highest BCUT2D eigenvalue weighted by atomic mass is 16.5. The van der Waals surface area contributed by atoms with E-state index in [1.165, 1.54) is 12.8 Å². The number of benzene rings is 2. The number of hydrogen-bond donors (Lipinski definition) is 0. The van der Waals surface area contributed by atoms with Gasteiger partial charge in [0.15, 0.2) is 0 Å². The molecule has 0 unspecified atom stereocenters. The predicted octanol–water partition coefficient (Wildman–Crippen LogP) is 5.43. The zero-order valence-corrected chi connectivity index (χ0v) is 14.8. The summed E-state index contributed by atoms with van der Waals surface area (Å²) in [7, 11) is 2.05. The van der Waals surface area contributed by atoms with Gasteiger partial charge < -0.3 is 14.4 Å². The highest BCUT2D eigenvalue weighted by Gasteiger charge is 2.21. The number of nitrogens with zero attached hydrogens (tertiary/aromatic N) is 2. The molecule has 132 valence electrons. The topological polar surface area (TPSA) is 34.6 Å². The van der Waals surface area contributed by atoms with Gasteiger partial charge in [0.2, 0.25) is 5.88 Å². The summed E-state index contributed by atoms with van der Waals surface area (Å²) in [5.41, 5.74) is 2.20. The molecule has 2 aromatic carbocycles. The van der Waals surface area contributed by atoms with E-state index in [2.05, 4.69) is 29.1 Å². The van der Waals surface area contributed by atoms with E-state index in [4.69, 9.17) is 9.47 Å². The maximum Gasteiger partial charge on any atom is 0.219 e. The lowest BCUT2D eigenvalue weighted by atomic mass is 10.2. The Bertz CT molecular complexity index is 828. The summed E-state index contributed by atoms with van der Waals surface area (Å²) in [5.74, 6) is 3.07. The van der Waals surface area contributed by atoms with Gasteiger partial charge >= 0.3 is 0 Å².